The molecule has 8 heteroatoms. The van der Waals surface area contributed by atoms with Crippen LogP contribution in [-0.4, -0.2) is 62.0 Å². The van der Waals surface area contributed by atoms with Crippen molar-refractivity contribution in [2.75, 3.05) is 49.8 Å². The molecular formula is C38H38N4O4. The van der Waals surface area contributed by atoms with Crippen LogP contribution in [0.15, 0.2) is 120 Å². The van der Waals surface area contributed by atoms with Gasteiger partial charge in [-0.15, -0.1) is 0 Å². The van der Waals surface area contributed by atoms with Crippen LogP contribution < -0.4 is 19.3 Å². The Morgan fingerprint density at radius 2 is 1.35 bits per heavy atom. The van der Waals surface area contributed by atoms with Gasteiger partial charge in [0.25, 0.3) is 0 Å². The smallest absolute Gasteiger partial charge is 0.161 e. The van der Waals surface area contributed by atoms with E-state index in [1.165, 1.54) is 28.1 Å². The second-order valence-corrected chi connectivity index (χ2v) is 12.9. The van der Waals surface area contributed by atoms with Gasteiger partial charge in [0, 0.05) is 71.9 Å². The average molecular weight is 615 g/mol. The number of anilines is 2. The van der Waals surface area contributed by atoms with Gasteiger partial charge in [0.05, 0.1) is 6.10 Å². The minimum Gasteiger partial charge on any atom is -0.478 e. The van der Waals surface area contributed by atoms with Crippen molar-refractivity contribution in [2.45, 2.75) is 31.7 Å². The highest BCUT2D eigenvalue weighted by molar-refractivity contribution is 5.58. The highest BCUT2D eigenvalue weighted by atomic mass is 16.5. The zero-order chi connectivity index (χ0) is 30.5. The van der Waals surface area contributed by atoms with Crippen molar-refractivity contribution in [3.63, 3.8) is 0 Å². The molecule has 6 aliphatic rings. The molecule has 8 nitrogen and oxygen atoms in total. The fraction of sp³-hybridized carbons (Fsp3) is 0.316. The Kier molecular flexibility index (Phi) is 6.97. The topological polar surface area (TPSA) is 49.9 Å². The lowest BCUT2D eigenvalue weighted by Crippen LogP contribution is -2.45. The fourth-order valence-corrected chi connectivity index (χ4v) is 7.38. The first-order valence-corrected chi connectivity index (χ1v) is 16.3. The van der Waals surface area contributed by atoms with E-state index < -0.39 is 0 Å². The number of benzene rings is 3. The highest BCUT2D eigenvalue weighted by Gasteiger charge is 2.32. The molecule has 2 fully saturated rings. The normalized spacial score (nSPS) is 25.3. The molecule has 0 spiro atoms. The Balaban J connectivity index is 0.851. The summed E-state index contributed by atoms with van der Waals surface area (Å²) in [6.45, 7) is 5.78. The minimum absolute atomic E-state index is 0.101. The molecule has 4 heterocycles. The molecule has 3 aromatic carbocycles. The summed E-state index contributed by atoms with van der Waals surface area (Å²) in [4.78, 5) is 9.34. The van der Waals surface area contributed by atoms with Gasteiger partial charge in [-0.1, -0.05) is 54.6 Å². The van der Waals surface area contributed by atoms with Gasteiger partial charge < -0.3 is 33.6 Å². The Hall–Kier alpha value is -4.66. The number of hydrogen-bond acceptors (Lipinski definition) is 8. The van der Waals surface area contributed by atoms with Crippen molar-refractivity contribution in [3.05, 3.63) is 131 Å². The standard InChI is InChI=1S/C38H38N4O4/c1-3-7-35-27(5-1)19-41(25-43-35)33-13-15-37-29(17-33)21-39(23-45-37)31-9-11-32(12-10-31)40-22-30-18-34(14-16-38(30)46-24-40)42-20-28-6-2-4-8-36(28)44-26-42/h1-13,15-18,29,34,37H,14,19-26H2. The molecule has 234 valence electrons. The van der Waals surface area contributed by atoms with Crippen LogP contribution in [-0.2, 0) is 22.6 Å². The lowest BCUT2D eigenvalue weighted by Gasteiger charge is -2.41. The van der Waals surface area contributed by atoms with Crippen LogP contribution in [0.5, 0.6) is 11.5 Å². The Morgan fingerprint density at radius 3 is 2.17 bits per heavy atom. The maximum absolute atomic E-state index is 6.31. The van der Waals surface area contributed by atoms with E-state index in [0.717, 1.165) is 55.5 Å². The van der Waals surface area contributed by atoms with Crippen molar-refractivity contribution in [1.82, 2.24) is 9.80 Å². The third-order valence-electron chi connectivity index (χ3n) is 9.97. The lowest BCUT2D eigenvalue weighted by molar-refractivity contribution is 0.0276. The highest BCUT2D eigenvalue weighted by Crippen LogP contribution is 2.35. The van der Waals surface area contributed by atoms with Gasteiger partial charge in [-0.2, -0.15) is 0 Å². The van der Waals surface area contributed by atoms with Gasteiger partial charge in [-0.25, -0.2) is 0 Å². The van der Waals surface area contributed by atoms with Crippen molar-refractivity contribution in [3.8, 4) is 11.5 Å². The van der Waals surface area contributed by atoms with E-state index in [9.17, 15) is 0 Å². The molecule has 2 saturated heterocycles. The van der Waals surface area contributed by atoms with Gasteiger partial charge in [0.1, 0.15) is 30.7 Å². The second kappa shape index (κ2) is 11.6. The summed E-state index contributed by atoms with van der Waals surface area (Å²) < 4.78 is 24.6. The maximum Gasteiger partial charge on any atom is 0.161 e. The number of nitrogens with zero attached hydrogens (tertiary/aromatic N) is 4. The number of fused-ring (bicyclic) bond motifs is 4. The van der Waals surface area contributed by atoms with Crippen molar-refractivity contribution in [1.29, 1.82) is 0 Å². The largest absolute Gasteiger partial charge is 0.478 e. The minimum atomic E-state index is 0.101. The van der Waals surface area contributed by atoms with Gasteiger partial charge in [-0.3, -0.25) is 4.90 Å². The summed E-state index contributed by atoms with van der Waals surface area (Å²) >= 11 is 0. The van der Waals surface area contributed by atoms with Crippen LogP contribution >= 0.6 is 0 Å². The quantitative estimate of drug-likeness (QED) is 0.355. The third-order valence-corrected chi connectivity index (χ3v) is 9.97. The van der Waals surface area contributed by atoms with Crippen molar-refractivity contribution in [2.24, 2.45) is 5.92 Å². The van der Waals surface area contributed by atoms with Crippen molar-refractivity contribution >= 4 is 11.4 Å². The molecule has 46 heavy (non-hydrogen) atoms. The summed E-state index contributed by atoms with van der Waals surface area (Å²) in [6, 6.07) is 25.8. The Bertz CT molecular complexity index is 1750. The van der Waals surface area contributed by atoms with Crippen LogP contribution in [0, 0.1) is 5.92 Å². The monoisotopic (exact) mass is 614 g/mol. The number of allylic oxidation sites excluding steroid dienone is 1. The second-order valence-electron chi connectivity index (χ2n) is 12.9. The molecule has 0 bridgehead atoms. The molecule has 0 saturated carbocycles. The van der Waals surface area contributed by atoms with Gasteiger partial charge in [0.15, 0.2) is 13.5 Å². The first kappa shape index (κ1) is 27.6. The summed E-state index contributed by atoms with van der Waals surface area (Å²) in [5, 5.41) is 0. The molecule has 9 rings (SSSR count). The van der Waals surface area contributed by atoms with Crippen LogP contribution in [0.25, 0.3) is 0 Å². The third kappa shape index (κ3) is 5.21. The Labute approximate surface area is 270 Å². The molecular weight excluding hydrogens is 576 g/mol. The van der Waals surface area contributed by atoms with E-state index in [0.29, 0.717) is 33.0 Å². The van der Waals surface area contributed by atoms with Crippen LogP contribution in [0.2, 0.25) is 0 Å². The predicted molar refractivity (Wildman–Crippen MR) is 177 cm³/mol. The van der Waals surface area contributed by atoms with E-state index in [1.807, 2.05) is 18.2 Å². The molecule has 0 N–H and O–H groups in total. The van der Waals surface area contributed by atoms with Gasteiger partial charge in [-0.05, 0) is 55.0 Å². The number of rotatable bonds is 4. The molecule has 4 aliphatic heterocycles. The number of para-hydroxylation sites is 2. The average Bonchev–Trinajstić information content (AvgIpc) is 3.13. The molecule has 2 aliphatic carbocycles. The molecule has 0 amide bonds. The van der Waals surface area contributed by atoms with E-state index in [4.69, 9.17) is 18.9 Å². The maximum atomic E-state index is 6.31. The first-order valence-electron chi connectivity index (χ1n) is 16.3. The van der Waals surface area contributed by atoms with Crippen molar-refractivity contribution < 1.29 is 18.9 Å². The summed E-state index contributed by atoms with van der Waals surface area (Å²) in [7, 11) is 0. The number of ether oxygens (including phenoxy) is 4. The van der Waals surface area contributed by atoms with E-state index in [-0.39, 0.29) is 12.0 Å². The number of hydrogen-bond donors (Lipinski definition) is 0. The van der Waals surface area contributed by atoms with Crippen LogP contribution in [0.4, 0.5) is 11.4 Å². The zero-order valence-electron chi connectivity index (χ0n) is 25.8. The summed E-state index contributed by atoms with van der Waals surface area (Å²) in [5.41, 5.74) is 7.24. The lowest BCUT2D eigenvalue weighted by atomic mass is 9.93. The molecule has 0 radical (unpaired) electrons. The SMILES string of the molecule is C1=CC2OCN(c3ccc(N4COC5=CCC(N6COc7ccccc7C6)C=C5C4)cc3)CC2C=C1N1COc2ccccc2C1. The van der Waals surface area contributed by atoms with E-state index in [2.05, 4.69) is 105 Å². The summed E-state index contributed by atoms with van der Waals surface area (Å²) in [5.74, 6) is 3.29. The van der Waals surface area contributed by atoms with E-state index in [1.54, 1.807) is 0 Å². The van der Waals surface area contributed by atoms with E-state index >= 15 is 0 Å². The molecule has 3 atom stereocenters. The first-order chi connectivity index (χ1) is 22.7. The van der Waals surface area contributed by atoms with Gasteiger partial charge >= 0.3 is 0 Å². The van der Waals surface area contributed by atoms with Crippen LogP contribution in [0.1, 0.15) is 17.5 Å². The molecule has 0 aromatic heterocycles. The van der Waals surface area contributed by atoms with Crippen LogP contribution in [0.3, 0.4) is 0 Å². The van der Waals surface area contributed by atoms with Gasteiger partial charge in [0.2, 0.25) is 0 Å². The summed E-state index contributed by atoms with van der Waals surface area (Å²) in [6.07, 6.45) is 12.4. The predicted octanol–water partition coefficient (Wildman–Crippen LogP) is 6.00. The molecule has 3 aromatic rings. The fourth-order valence-electron chi connectivity index (χ4n) is 7.38. The Morgan fingerprint density at radius 1 is 0.630 bits per heavy atom. The zero-order valence-corrected chi connectivity index (χ0v) is 25.8. The molecule has 3 unspecified atom stereocenters.